The van der Waals surface area contributed by atoms with E-state index in [0.717, 1.165) is 4.90 Å². The number of hydrogen-bond acceptors (Lipinski definition) is 2. The van der Waals surface area contributed by atoms with Crippen molar-refractivity contribution in [1.29, 1.82) is 0 Å². The van der Waals surface area contributed by atoms with Crippen molar-refractivity contribution in [2.45, 2.75) is 12.5 Å². The molecule has 9 heteroatoms. The summed E-state index contributed by atoms with van der Waals surface area (Å²) in [5.41, 5.74) is -1.48. The van der Waals surface area contributed by atoms with Gasteiger partial charge in [0, 0.05) is 26.2 Å². The molecule has 0 saturated carbocycles. The van der Waals surface area contributed by atoms with E-state index in [1.54, 1.807) is 0 Å². The Morgan fingerprint density at radius 3 is 1.62 bits per heavy atom. The Labute approximate surface area is 115 Å². The number of nitrogens with zero attached hydrogens (tertiary/aromatic N) is 1. The molecular weight excluding hydrogens is 305 g/mol. The molecule has 0 aromatic heterocycles. The Morgan fingerprint density at radius 2 is 1.19 bits per heavy atom. The first kappa shape index (κ1) is 16.0. The first-order chi connectivity index (χ1) is 9.86. The van der Waals surface area contributed by atoms with Crippen LogP contribution in [0.25, 0.3) is 0 Å². The van der Waals surface area contributed by atoms with Gasteiger partial charge in [-0.2, -0.15) is 0 Å². The monoisotopic (exact) mass is 316 g/mol. The highest BCUT2D eigenvalue weighted by Crippen LogP contribution is 2.34. The maximum atomic E-state index is 13.7. The van der Waals surface area contributed by atoms with Gasteiger partial charge in [0.05, 0.1) is 5.56 Å². The van der Waals surface area contributed by atoms with E-state index in [2.05, 4.69) is 5.32 Å². The summed E-state index contributed by atoms with van der Waals surface area (Å²) in [7, 11) is 0. The number of piperazine rings is 1. The van der Waals surface area contributed by atoms with Crippen molar-refractivity contribution in [3.8, 4) is 0 Å². The highest BCUT2D eigenvalue weighted by molar-refractivity contribution is 5.28. The lowest BCUT2D eigenvalue weighted by atomic mass is 10.0. The van der Waals surface area contributed by atoms with Gasteiger partial charge in [0.25, 0.3) is 6.43 Å². The third-order valence-corrected chi connectivity index (χ3v) is 3.32. The predicted octanol–water partition coefficient (Wildman–Crippen LogP) is 2.59. The third kappa shape index (κ3) is 2.84. The van der Waals surface area contributed by atoms with Gasteiger partial charge in [0.15, 0.2) is 23.3 Å². The van der Waals surface area contributed by atoms with Gasteiger partial charge in [-0.05, 0) is 0 Å². The van der Waals surface area contributed by atoms with Crippen LogP contribution < -0.4 is 5.32 Å². The SMILES string of the molecule is Fc1c(F)c(F)c([C@@H](C(F)F)N2CCNCC2)c(F)c1F. The molecule has 1 heterocycles. The van der Waals surface area contributed by atoms with Crippen molar-refractivity contribution < 1.29 is 30.7 Å². The molecule has 118 valence electrons. The maximum absolute atomic E-state index is 13.7. The molecule has 1 fully saturated rings. The lowest BCUT2D eigenvalue weighted by Gasteiger charge is -2.34. The van der Waals surface area contributed by atoms with E-state index in [0.29, 0.717) is 0 Å². The van der Waals surface area contributed by atoms with Gasteiger partial charge in [-0.15, -0.1) is 0 Å². The molecule has 0 aliphatic carbocycles. The van der Waals surface area contributed by atoms with Gasteiger partial charge in [-0.3, -0.25) is 4.90 Å². The largest absolute Gasteiger partial charge is 0.314 e. The fourth-order valence-corrected chi connectivity index (χ4v) is 2.31. The summed E-state index contributed by atoms with van der Waals surface area (Å²) in [6, 6.07) is -2.18. The van der Waals surface area contributed by atoms with Crippen molar-refractivity contribution in [1.82, 2.24) is 10.2 Å². The summed E-state index contributed by atoms with van der Waals surface area (Å²) in [6.07, 6.45) is -3.30. The lowest BCUT2D eigenvalue weighted by Crippen LogP contribution is -2.47. The molecule has 1 aromatic rings. The van der Waals surface area contributed by atoms with Crippen molar-refractivity contribution in [3.63, 3.8) is 0 Å². The molecular formula is C12H11F7N2. The van der Waals surface area contributed by atoms with E-state index in [-0.39, 0.29) is 26.2 Å². The topological polar surface area (TPSA) is 15.3 Å². The second-order valence-electron chi connectivity index (χ2n) is 4.55. The summed E-state index contributed by atoms with van der Waals surface area (Å²) in [4.78, 5) is 0.999. The number of rotatable bonds is 3. The highest BCUT2D eigenvalue weighted by Gasteiger charge is 2.38. The minimum atomic E-state index is -3.30. The van der Waals surface area contributed by atoms with Crippen molar-refractivity contribution in [3.05, 3.63) is 34.6 Å². The standard InChI is InChI=1S/C12H11F7N2/c13-6-5(7(14)9(16)10(17)8(6)15)11(12(18)19)21-3-1-20-2-4-21/h11-12,20H,1-4H2/t11-/m0/s1. The second-order valence-corrected chi connectivity index (χ2v) is 4.55. The molecule has 1 aliphatic rings. The van der Waals surface area contributed by atoms with E-state index in [1.807, 2.05) is 0 Å². The number of alkyl halides is 2. The van der Waals surface area contributed by atoms with Crippen LogP contribution in [0.1, 0.15) is 11.6 Å². The first-order valence-corrected chi connectivity index (χ1v) is 6.10. The van der Waals surface area contributed by atoms with Crippen LogP contribution in [-0.2, 0) is 0 Å². The molecule has 1 aromatic carbocycles. The molecule has 1 atom stereocenters. The van der Waals surface area contributed by atoms with Gasteiger partial charge in [-0.1, -0.05) is 0 Å². The number of halogens is 7. The predicted molar refractivity (Wildman–Crippen MR) is 59.4 cm³/mol. The molecule has 0 radical (unpaired) electrons. The van der Waals surface area contributed by atoms with Gasteiger partial charge in [0.1, 0.15) is 6.04 Å². The Kier molecular flexibility index (Phi) is 4.72. The lowest BCUT2D eigenvalue weighted by molar-refractivity contribution is 0.0136. The quantitative estimate of drug-likeness (QED) is 0.524. The Bertz CT molecular complexity index is 500. The van der Waals surface area contributed by atoms with Crippen molar-refractivity contribution in [2.75, 3.05) is 26.2 Å². The minimum Gasteiger partial charge on any atom is -0.314 e. The maximum Gasteiger partial charge on any atom is 0.258 e. The van der Waals surface area contributed by atoms with E-state index < -0.39 is 47.1 Å². The van der Waals surface area contributed by atoms with E-state index in [4.69, 9.17) is 0 Å². The van der Waals surface area contributed by atoms with Crippen LogP contribution in [0.2, 0.25) is 0 Å². The van der Waals surface area contributed by atoms with E-state index in [1.165, 1.54) is 0 Å². The molecule has 2 rings (SSSR count). The molecule has 1 N–H and O–H groups in total. The van der Waals surface area contributed by atoms with Gasteiger partial charge >= 0.3 is 0 Å². The van der Waals surface area contributed by atoms with Crippen LogP contribution in [0.4, 0.5) is 30.7 Å². The fourth-order valence-electron chi connectivity index (χ4n) is 2.31. The van der Waals surface area contributed by atoms with E-state index >= 15 is 0 Å². The number of benzene rings is 1. The normalized spacial score (nSPS) is 18.3. The molecule has 0 amide bonds. The summed E-state index contributed by atoms with van der Waals surface area (Å²) in [5.74, 6) is -11.2. The van der Waals surface area contributed by atoms with Crippen molar-refractivity contribution >= 4 is 0 Å². The minimum absolute atomic E-state index is 0.00843. The molecule has 0 unspecified atom stereocenters. The third-order valence-electron chi connectivity index (χ3n) is 3.32. The van der Waals surface area contributed by atoms with Crippen LogP contribution in [0.15, 0.2) is 0 Å². The summed E-state index contributed by atoms with van der Waals surface area (Å²) >= 11 is 0. The van der Waals surface area contributed by atoms with Crippen LogP contribution >= 0.6 is 0 Å². The zero-order valence-electron chi connectivity index (χ0n) is 10.6. The molecule has 0 spiro atoms. The smallest absolute Gasteiger partial charge is 0.258 e. The van der Waals surface area contributed by atoms with Gasteiger partial charge < -0.3 is 5.32 Å². The van der Waals surface area contributed by atoms with Gasteiger partial charge in [0.2, 0.25) is 5.82 Å². The van der Waals surface area contributed by atoms with Crippen molar-refractivity contribution in [2.24, 2.45) is 0 Å². The average Bonchev–Trinajstić information content (AvgIpc) is 2.48. The highest BCUT2D eigenvalue weighted by atomic mass is 19.3. The number of nitrogens with one attached hydrogen (secondary N) is 1. The Balaban J connectivity index is 2.55. The Morgan fingerprint density at radius 1 is 0.762 bits per heavy atom. The fraction of sp³-hybridized carbons (Fsp3) is 0.500. The molecule has 21 heavy (non-hydrogen) atoms. The van der Waals surface area contributed by atoms with Crippen LogP contribution in [0.5, 0.6) is 0 Å². The Hall–Kier alpha value is -1.35. The molecule has 1 saturated heterocycles. The first-order valence-electron chi connectivity index (χ1n) is 6.10. The zero-order valence-corrected chi connectivity index (χ0v) is 10.6. The molecule has 1 aliphatic heterocycles. The summed E-state index contributed by atoms with van der Waals surface area (Å²) in [6.45, 7) is 0.570. The van der Waals surface area contributed by atoms with Crippen LogP contribution in [0.3, 0.4) is 0 Å². The van der Waals surface area contributed by atoms with Crippen LogP contribution in [0, 0.1) is 29.1 Å². The molecule has 0 bridgehead atoms. The average molecular weight is 316 g/mol. The second kappa shape index (κ2) is 6.18. The summed E-state index contributed by atoms with van der Waals surface area (Å²) < 4.78 is 92.9. The summed E-state index contributed by atoms with van der Waals surface area (Å²) in [5, 5.41) is 2.84. The van der Waals surface area contributed by atoms with Gasteiger partial charge in [-0.25, -0.2) is 30.7 Å². The zero-order chi connectivity index (χ0) is 15.7. The molecule has 2 nitrogen and oxygen atoms in total. The van der Waals surface area contributed by atoms with Crippen LogP contribution in [-0.4, -0.2) is 37.5 Å². The van der Waals surface area contributed by atoms with E-state index in [9.17, 15) is 30.7 Å². The number of hydrogen-bond donors (Lipinski definition) is 1.